The molecule has 5 heteroatoms. The Balaban J connectivity index is 1.43. The topological polar surface area (TPSA) is 59.6 Å². The molecule has 0 atom stereocenters. The number of fused-ring (bicyclic) bond motifs is 2. The lowest BCUT2D eigenvalue weighted by atomic mass is 10.00. The molecular weight excluding hydrogens is 386 g/mol. The standard InChI is InChI=1S/C26H27N3O2/c1-28-8-10-29(11-9-28)17-22-13-18(6-7-25(22)30)12-21-16-27-24-15-20-5-3-2-4-19(20)14-23(24)26(21)31/h2-7,13-16,30H,8-12,17H2,1H3,(H,27,31). The number of phenols is 1. The van der Waals surface area contributed by atoms with Gasteiger partial charge in [-0.05, 0) is 41.6 Å². The first-order valence-electron chi connectivity index (χ1n) is 10.8. The minimum absolute atomic E-state index is 0.0631. The number of H-pyrrole nitrogens is 1. The lowest BCUT2D eigenvalue weighted by Crippen LogP contribution is -2.43. The van der Waals surface area contributed by atoms with Crippen molar-refractivity contribution in [3.8, 4) is 5.75 Å². The van der Waals surface area contributed by atoms with Crippen LogP contribution in [0.25, 0.3) is 21.7 Å². The van der Waals surface area contributed by atoms with E-state index < -0.39 is 0 Å². The SMILES string of the molecule is CN1CCN(Cc2cc(Cc3c[nH]c4cc5ccccc5cc4c3=O)ccc2O)CC1. The van der Waals surface area contributed by atoms with Crippen molar-refractivity contribution in [3.63, 3.8) is 0 Å². The summed E-state index contributed by atoms with van der Waals surface area (Å²) in [6.45, 7) is 4.81. The first-order valence-corrected chi connectivity index (χ1v) is 10.8. The molecule has 5 rings (SSSR count). The molecule has 1 aliphatic heterocycles. The highest BCUT2D eigenvalue weighted by Gasteiger charge is 2.16. The lowest BCUT2D eigenvalue weighted by molar-refractivity contribution is 0.147. The van der Waals surface area contributed by atoms with Crippen LogP contribution in [0.2, 0.25) is 0 Å². The van der Waals surface area contributed by atoms with Crippen molar-refractivity contribution in [3.05, 3.63) is 87.7 Å². The quantitative estimate of drug-likeness (QED) is 0.501. The predicted molar refractivity (Wildman–Crippen MR) is 126 cm³/mol. The van der Waals surface area contributed by atoms with Gasteiger partial charge in [0, 0.05) is 67.4 Å². The molecule has 158 valence electrons. The van der Waals surface area contributed by atoms with E-state index in [0.717, 1.165) is 65.7 Å². The predicted octanol–water partition coefficient (Wildman–Crippen LogP) is 3.73. The molecule has 5 nitrogen and oxygen atoms in total. The van der Waals surface area contributed by atoms with E-state index in [0.29, 0.717) is 17.6 Å². The summed E-state index contributed by atoms with van der Waals surface area (Å²) >= 11 is 0. The maximum absolute atomic E-state index is 13.2. The molecule has 1 aliphatic rings. The number of aromatic nitrogens is 1. The Morgan fingerprint density at radius 2 is 1.68 bits per heavy atom. The fourth-order valence-electron chi connectivity index (χ4n) is 4.42. The van der Waals surface area contributed by atoms with Crippen molar-refractivity contribution < 1.29 is 5.11 Å². The molecule has 31 heavy (non-hydrogen) atoms. The summed E-state index contributed by atoms with van der Waals surface area (Å²) in [5, 5.41) is 13.3. The number of phenolic OH excluding ortho intramolecular Hbond substituents is 1. The van der Waals surface area contributed by atoms with E-state index in [4.69, 9.17) is 0 Å². The fourth-order valence-corrected chi connectivity index (χ4v) is 4.42. The number of piperazine rings is 1. The highest BCUT2D eigenvalue weighted by molar-refractivity contribution is 5.96. The van der Waals surface area contributed by atoms with Gasteiger partial charge in [0.25, 0.3) is 0 Å². The highest BCUT2D eigenvalue weighted by atomic mass is 16.3. The monoisotopic (exact) mass is 413 g/mol. The molecule has 1 saturated heterocycles. The average Bonchev–Trinajstić information content (AvgIpc) is 2.78. The molecule has 0 amide bonds. The zero-order valence-corrected chi connectivity index (χ0v) is 17.8. The van der Waals surface area contributed by atoms with Crippen LogP contribution >= 0.6 is 0 Å². The summed E-state index contributed by atoms with van der Waals surface area (Å²) < 4.78 is 0. The zero-order valence-electron chi connectivity index (χ0n) is 17.8. The molecule has 4 aromatic rings. The second-order valence-corrected chi connectivity index (χ2v) is 8.61. The van der Waals surface area contributed by atoms with E-state index in [1.165, 1.54) is 0 Å². The molecule has 1 fully saturated rings. The van der Waals surface area contributed by atoms with Crippen molar-refractivity contribution in [1.82, 2.24) is 14.8 Å². The van der Waals surface area contributed by atoms with Crippen LogP contribution in [0.5, 0.6) is 5.75 Å². The van der Waals surface area contributed by atoms with Crippen LogP contribution in [0.15, 0.2) is 65.6 Å². The van der Waals surface area contributed by atoms with Gasteiger partial charge in [-0.1, -0.05) is 36.4 Å². The normalized spacial score (nSPS) is 15.6. The van der Waals surface area contributed by atoms with Crippen LogP contribution in [0.3, 0.4) is 0 Å². The van der Waals surface area contributed by atoms with Gasteiger partial charge in [0.15, 0.2) is 5.43 Å². The molecule has 2 heterocycles. The van der Waals surface area contributed by atoms with E-state index in [1.807, 2.05) is 48.7 Å². The molecule has 0 bridgehead atoms. The van der Waals surface area contributed by atoms with Crippen LogP contribution < -0.4 is 5.43 Å². The Bertz CT molecular complexity index is 1300. The van der Waals surface area contributed by atoms with Gasteiger partial charge in [-0.3, -0.25) is 9.69 Å². The zero-order chi connectivity index (χ0) is 21.4. The third-order valence-corrected chi connectivity index (χ3v) is 6.35. The molecule has 0 spiro atoms. The van der Waals surface area contributed by atoms with Crippen LogP contribution in [0.4, 0.5) is 0 Å². The lowest BCUT2D eigenvalue weighted by Gasteiger charge is -2.32. The van der Waals surface area contributed by atoms with Crippen LogP contribution in [-0.4, -0.2) is 53.1 Å². The number of aromatic amines is 1. The summed E-state index contributed by atoms with van der Waals surface area (Å²) in [7, 11) is 2.14. The van der Waals surface area contributed by atoms with Gasteiger partial charge in [0.05, 0.1) is 0 Å². The molecule has 0 aliphatic carbocycles. The number of hydrogen-bond acceptors (Lipinski definition) is 4. The third-order valence-electron chi connectivity index (χ3n) is 6.35. The number of rotatable bonds is 4. The van der Waals surface area contributed by atoms with Crippen molar-refractivity contribution in [2.45, 2.75) is 13.0 Å². The first-order chi connectivity index (χ1) is 15.1. The molecule has 1 aromatic heterocycles. The summed E-state index contributed by atoms with van der Waals surface area (Å²) in [6, 6.07) is 17.8. The fraction of sp³-hybridized carbons (Fsp3) is 0.269. The van der Waals surface area contributed by atoms with E-state index in [2.05, 4.69) is 27.9 Å². The molecular formula is C26H27N3O2. The number of aromatic hydroxyl groups is 1. The van der Waals surface area contributed by atoms with Gasteiger partial charge in [0.1, 0.15) is 5.75 Å². The second kappa shape index (κ2) is 8.17. The Hall–Kier alpha value is -3.15. The van der Waals surface area contributed by atoms with Crippen molar-refractivity contribution in [2.24, 2.45) is 0 Å². The molecule has 3 aromatic carbocycles. The van der Waals surface area contributed by atoms with Gasteiger partial charge >= 0.3 is 0 Å². The number of likely N-dealkylation sites (N-methyl/N-ethyl adjacent to an activating group) is 1. The molecule has 0 saturated carbocycles. The second-order valence-electron chi connectivity index (χ2n) is 8.61. The Morgan fingerprint density at radius 1 is 0.935 bits per heavy atom. The van der Waals surface area contributed by atoms with Gasteiger partial charge in [0.2, 0.25) is 0 Å². The Labute approximate surface area is 181 Å². The summed E-state index contributed by atoms with van der Waals surface area (Å²) in [5.41, 5.74) is 3.61. The van der Waals surface area contributed by atoms with Gasteiger partial charge in [-0.25, -0.2) is 0 Å². The van der Waals surface area contributed by atoms with Gasteiger partial charge < -0.3 is 15.0 Å². The van der Waals surface area contributed by atoms with Crippen molar-refractivity contribution >= 4 is 21.7 Å². The van der Waals surface area contributed by atoms with E-state index in [9.17, 15) is 9.90 Å². The van der Waals surface area contributed by atoms with Gasteiger partial charge in [-0.2, -0.15) is 0 Å². The molecule has 0 radical (unpaired) electrons. The smallest absolute Gasteiger partial charge is 0.192 e. The number of benzene rings is 3. The largest absolute Gasteiger partial charge is 0.508 e. The average molecular weight is 414 g/mol. The van der Waals surface area contributed by atoms with E-state index >= 15 is 0 Å². The molecule has 0 unspecified atom stereocenters. The van der Waals surface area contributed by atoms with Crippen molar-refractivity contribution in [1.29, 1.82) is 0 Å². The first kappa shape index (κ1) is 19.8. The maximum atomic E-state index is 13.2. The maximum Gasteiger partial charge on any atom is 0.192 e. The summed E-state index contributed by atoms with van der Waals surface area (Å²) in [6.07, 6.45) is 2.36. The number of hydrogen-bond donors (Lipinski definition) is 2. The van der Waals surface area contributed by atoms with E-state index in [1.54, 1.807) is 6.07 Å². The Kier molecular flexibility index (Phi) is 5.22. The Morgan fingerprint density at radius 3 is 2.45 bits per heavy atom. The van der Waals surface area contributed by atoms with Crippen LogP contribution in [0.1, 0.15) is 16.7 Å². The minimum atomic E-state index is 0.0631. The van der Waals surface area contributed by atoms with Gasteiger partial charge in [-0.15, -0.1) is 0 Å². The minimum Gasteiger partial charge on any atom is -0.508 e. The van der Waals surface area contributed by atoms with Crippen LogP contribution in [0, 0.1) is 0 Å². The third kappa shape index (κ3) is 4.07. The van der Waals surface area contributed by atoms with Crippen molar-refractivity contribution in [2.75, 3.05) is 33.2 Å². The highest BCUT2D eigenvalue weighted by Crippen LogP contribution is 2.23. The summed E-state index contributed by atoms with van der Waals surface area (Å²) in [4.78, 5) is 21.2. The number of nitrogens with one attached hydrogen (secondary N) is 1. The number of nitrogens with zero attached hydrogens (tertiary/aromatic N) is 2. The number of pyridine rings is 1. The molecule has 2 N–H and O–H groups in total. The summed E-state index contributed by atoms with van der Waals surface area (Å²) in [5.74, 6) is 0.321. The van der Waals surface area contributed by atoms with Crippen LogP contribution in [-0.2, 0) is 13.0 Å². The van der Waals surface area contributed by atoms with E-state index in [-0.39, 0.29) is 5.43 Å².